The van der Waals surface area contributed by atoms with Gasteiger partial charge in [-0.05, 0) is 29.8 Å². The highest BCUT2D eigenvalue weighted by atomic mass is 32.2. The van der Waals surface area contributed by atoms with Gasteiger partial charge in [0.2, 0.25) is 0 Å². The number of rotatable bonds is 3. The molecule has 0 amide bonds. The molecule has 2 aromatic rings. The summed E-state index contributed by atoms with van der Waals surface area (Å²) in [6, 6.07) is 12.0. The Morgan fingerprint density at radius 3 is 2.67 bits per heavy atom. The Bertz CT molecular complexity index is 429. The van der Waals surface area contributed by atoms with Gasteiger partial charge in [0, 0.05) is 28.7 Å². The van der Waals surface area contributed by atoms with Gasteiger partial charge in [-0.15, -0.1) is 11.8 Å². The molecule has 0 radical (unpaired) electrons. The summed E-state index contributed by atoms with van der Waals surface area (Å²) in [5.74, 6) is 0.940. The Morgan fingerprint density at radius 1 is 1.13 bits per heavy atom. The van der Waals surface area contributed by atoms with Crippen LogP contribution in [0.5, 0.6) is 0 Å². The number of anilines is 1. The molecule has 0 bridgehead atoms. The highest BCUT2D eigenvalue weighted by Gasteiger charge is 1.96. The van der Waals surface area contributed by atoms with Crippen molar-refractivity contribution in [3.8, 4) is 0 Å². The van der Waals surface area contributed by atoms with Crippen molar-refractivity contribution in [1.29, 1.82) is 0 Å². The Hall–Kier alpha value is -1.48. The summed E-state index contributed by atoms with van der Waals surface area (Å²) in [5.41, 5.74) is 7.78. The number of thioether (sulfide) groups is 1. The largest absolute Gasteiger partial charge is 0.399 e. The smallest absolute Gasteiger partial charge is 0.0317 e. The number of hydrogen-bond donors (Lipinski definition) is 1. The van der Waals surface area contributed by atoms with Gasteiger partial charge in [-0.1, -0.05) is 12.1 Å². The molecule has 0 atom stereocenters. The van der Waals surface area contributed by atoms with Crippen LogP contribution in [-0.2, 0) is 5.75 Å². The van der Waals surface area contributed by atoms with Crippen molar-refractivity contribution in [2.24, 2.45) is 0 Å². The summed E-state index contributed by atoms with van der Waals surface area (Å²) < 4.78 is 0. The van der Waals surface area contributed by atoms with Crippen molar-refractivity contribution in [3.63, 3.8) is 0 Å². The molecule has 1 aromatic carbocycles. The molecule has 2 nitrogen and oxygen atoms in total. The first-order chi connectivity index (χ1) is 7.34. The SMILES string of the molecule is Nc1cccc(CSc2ccncc2)c1. The van der Waals surface area contributed by atoms with Gasteiger partial charge in [0.15, 0.2) is 0 Å². The van der Waals surface area contributed by atoms with E-state index in [9.17, 15) is 0 Å². The lowest BCUT2D eigenvalue weighted by molar-refractivity contribution is 1.26. The lowest BCUT2D eigenvalue weighted by Gasteiger charge is -2.02. The fraction of sp³-hybridized carbons (Fsp3) is 0.0833. The average Bonchev–Trinajstić information content (AvgIpc) is 2.28. The number of pyridine rings is 1. The Balaban J connectivity index is 1.99. The van der Waals surface area contributed by atoms with E-state index < -0.39 is 0 Å². The van der Waals surface area contributed by atoms with E-state index in [1.54, 1.807) is 11.8 Å². The minimum Gasteiger partial charge on any atom is -0.399 e. The number of nitrogens with zero attached hydrogens (tertiary/aromatic N) is 1. The molecule has 0 aliphatic carbocycles. The van der Waals surface area contributed by atoms with Crippen LogP contribution in [0, 0.1) is 0 Å². The molecule has 2 rings (SSSR count). The number of benzene rings is 1. The zero-order valence-electron chi connectivity index (χ0n) is 8.26. The summed E-state index contributed by atoms with van der Waals surface area (Å²) in [4.78, 5) is 5.21. The summed E-state index contributed by atoms with van der Waals surface area (Å²) in [7, 11) is 0. The maximum atomic E-state index is 5.71. The van der Waals surface area contributed by atoms with Crippen LogP contribution in [0.1, 0.15) is 5.56 Å². The van der Waals surface area contributed by atoms with Crippen molar-refractivity contribution >= 4 is 17.4 Å². The third kappa shape index (κ3) is 2.99. The summed E-state index contributed by atoms with van der Waals surface area (Å²) in [6.07, 6.45) is 3.61. The highest BCUT2D eigenvalue weighted by molar-refractivity contribution is 7.98. The third-order valence-corrected chi connectivity index (χ3v) is 3.09. The lowest BCUT2D eigenvalue weighted by atomic mass is 10.2. The number of nitrogen functional groups attached to an aromatic ring is 1. The topological polar surface area (TPSA) is 38.9 Å². The van der Waals surface area contributed by atoms with Gasteiger partial charge in [-0.2, -0.15) is 0 Å². The number of nitrogens with two attached hydrogens (primary N) is 1. The third-order valence-electron chi connectivity index (χ3n) is 2.01. The lowest BCUT2D eigenvalue weighted by Crippen LogP contribution is -1.86. The molecule has 0 saturated heterocycles. The van der Waals surface area contributed by atoms with E-state index in [0.29, 0.717) is 0 Å². The molecule has 76 valence electrons. The molecule has 0 aliphatic rings. The first-order valence-corrected chi connectivity index (χ1v) is 5.70. The highest BCUT2D eigenvalue weighted by Crippen LogP contribution is 2.22. The minimum atomic E-state index is 0.822. The fourth-order valence-corrected chi connectivity index (χ4v) is 2.11. The molecular weight excluding hydrogens is 204 g/mol. The van der Waals surface area contributed by atoms with E-state index in [0.717, 1.165) is 11.4 Å². The second-order valence-electron chi connectivity index (χ2n) is 3.22. The molecule has 0 fully saturated rings. The number of hydrogen-bond acceptors (Lipinski definition) is 3. The van der Waals surface area contributed by atoms with Crippen molar-refractivity contribution < 1.29 is 0 Å². The van der Waals surface area contributed by atoms with Crippen LogP contribution in [0.15, 0.2) is 53.7 Å². The Morgan fingerprint density at radius 2 is 1.93 bits per heavy atom. The summed E-state index contributed by atoms with van der Waals surface area (Å²) in [5, 5.41) is 0. The van der Waals surface area contributed by atoms with Crippen molar-refractivity contribution in [3.05, 3.63) is 54.4 Å². The normalized spacial score (nSPS) is 10.1. The molecular formula is C12H12N2S. The van der Waals surface area contributed by atoms with Gasteiger partial charge in [-0.3, -0.25) is 4.98 Å². The predicted octanol–water partition coefficient (Wildman–Crippen LogP) is 2.96. The molecule has 0 aliphatic heterocycles. The first-order valence-electron chi connectivity index (χ1n) is 4.72. The fourth-order valence-electron chi connectivity index (χ4n) is 1.28. The van der Waals surface area contributed by atoms with Crippen molar-refractivity contribution in [2.45, 2.75) is 10.6 Å². The second-order valence-corrected chi connectivity index (χ2v) is 4.27. The quantitative estimate of drug-likeness (QED) is 0.633. The molecule has 2 N–H and O–H groups in total. The summed E-state index contributed by atoms with van der Waals surface area (Å²) >= 11 is 1.79. The Labute approximate surface area is 93.5 Å². The van der Waals surface area contributed by atoms with Crippen LogP contribution in [0.3, 0.4) is 0 Å². The van der Waals surface area contributed by atoms with Crippen molar-refractivity contribution in [2.75, 3.05) is 5.73 Å². The van der Waals surface area contributed by atoms with E-state index in [2.05, 4.69) is 11.1 Å². The first kappa shape index (κ1) is 10.1. The van der Waals surface area contributed by atoms with E-state index in [-0.39, 0.29) is 0 Å². The van der Waals surface area contributed by atoms with Crippen LogP contribution in [-0.4, -0.2) is 4.98 Å². The van der Waals surface area contributed by atoms with Crippen LogP contribution in [0.2, 0.25) is 0 Å². The van der Waals surface area contributed by atoms with Crippen LogP contribution in [0.4, 0.5) is 5.69 Å². The molecule has 3 heteroatoms. The van der Waals surface area contributed by atoms with Gasteiger partial charge in [0.05, 0.1) is 0 Å². The minimum absolute atomic E-state index is 0.822. The van der Waals surface area contributed by atoms with E-state index in [4.69, 9.17) is 5.73 Å². The summed E-state index contributed by atoms with van der Waals surface area (Å²) in [6.45, 7) is 0. The average molecular weight is 216 g/mol. The molecule has 0 spiro atoms. The van der Waals surface area contributed by atoms with Crippen LogP contribution in [0.25, 0.3) is 0 Å². The zero-order valence-corrected chi connectivity index (χ0v) is 9.08. The van der Waals surface area contributed by atoms with Gasteiger partial charge < -0.3 is 5.73 Å². The van der Waals surface area contributed by atoms with E-state index in [1.807, 2.05) is 42.7 Å². The van der Waals surface area contributed by atoms with Gasteiger partial charge in [0.25, 0.3) is 0 Å². The second kappa shape index (κ2) is 4.84. The molecule has 1 aromatic heterocycles. The maximum Gasteiger partial charge on any atom is 0.0317 e. The molecule has 15 heavy (non-hydrogen) atoms. The standard InChI is InChI=1S/C12H12N2S/c13-11-3-1-2-10(8-11)9-15-12-4-6-14-7-5-12/h1-8H,9,13H2. The van der Waals surface area contributed by atoms with Gasteiger partial charge >= 0.3 is 0 Å². The molecule has 1 heterocycles. The maximum absolute atomic E-state index is 5.71. The van der Waals surface area contributed by atoms with Gasteiger partial charge in [0.1, 0.15) is 0 Å². The van der Waals surface area contributed by atoms with Crippen molar-refractivity contribution in [1.82, 2.24) is 4.98 Å². The predicted molar refractivity (Wildman–Crippen MR) is 64.7 cm³/mol. The molecule has 0 saturated carbocycles. The van der Waals surface area contributed by atoms with E-state index >= 15 is 0 Å². The molecule has 0 unspecified atom stereocenters. The van der Waals surface area contributed by atoms with Crippen LogP contribution < -0.4 is 5.73 Å². The van der Waals surface area contributed by atoms with Gasteiger partial charge in [-0.25, -0.2) is 0 Å². The number of aromatic nitrogens is 1. The monoisotopic (exact) mass is 216 g/mol. The van der Waals surface area contributed by atoms with E-state index in [1.165, 1.54) is 10.5 Å². The zero-order chi connectivity index (χ0) is 10.5. The Kier molecular flexibility index (Phi) is 3.25. The van der Waals surface area contributed by atoms with Crippen LogP contribution >= 0.6 is 11.8 Å².